The summed E-state index contributed by atoms with van der Waals surface area (Å²) in [6, 6.07) is 8.10. The van der Waals surface area contributed by atoms with Crippen molar-refractivity contribution in [3.8, 4) is 5.75 Å². The highest BCUT2D eigenvalue weighted by molar-refractivity contribution is 5.99. The molecule has 1 heterocycles. The van der Waals surface area contributed by atoms with Gasteiger partial charge < -0.3 is 14.4 Å². The van der Waals surface area contributed by atoms with Crippen LogP contribution in [0.2, 0.25) is 0 Å². The molecule has 1 aromatic rings. The van der Waals surface area contributed by atoms with Gasteiger partial charge in [0.15, 0.2) is 0 Å². The molecule has 0 atom stereocenters. The summed E-state index contributed by atoms with van der Waals surface area (Å²) in [4.78, 5) is 7.21. The maximum absolute atomic E-state index is 5.44. The van der Waals surface area contributed by atoms with E-state index in [4.69, 9.17) is 14.5 Å². The van der Waals surface area contributed by atoms with Crippen molar-refractivity contribution in [2.75, 3.05) is 33.4 Å². The summed E-state index contributed by atoms with van der Waals surface area (Å²) in [6.45, 7) is 9.67. The maximum atomic E-state index is 5.44. The van der Waals surface area contributed by atoms with Crippen molar-refractivity contribution in [2.45, 2.75) is 26.3 Å². The van der Waals surface area contributed by atoms with Crippen molar-refractivity contribution in [1.82, 2.24) is 4.90 Å². The smallest absolute Gasteiger partial charge is 0.131 e. The normalized spacial score (nSPS) is 17.2. The number of nitrogens with zero attached hydrogens (tertiary/aromatic N) is 2. The van der Waals surface area contributed by atoms with E-state index in [0.717, 1.165) is 43.5 Å². The van der Waals surface area contributed by atoms with Crippen LogP contribution in [0.5, 0.6) is 5.75 Å². The van der Waals surface area contributed by atoms with Crippen molar-refractivity contribution >= 4 is 5.84 Å². The van der Waals surface area contributed by atoms with Gasteiger partial charge in [0.25, 0.3) is 0 Å². The first kappa shape index (κ1) is 14.9. The minimum Gasteiger partial charge on any atom is -0.497 e. The second kappa shape index (κ2) is 6.27. The molecule has 1 aliphatic heterocycles. The van der Waals surface area contributed by atoms with Crippen LogP contribution >= 0.6 is 0 Å². The fourth-order valence-corrected chi connectivity index (χ4v) is 2.15. The lowest BCUT2D eigenvalue weighted by atomic mass is 10.1. The lowest BCUT2D eigenvalue weighted by molar-refractivity contribution is 0.0679. The van der Waals surface area contributed by atoms with E-state index in [9.17, 15) is 0 Å². The van der Waals surface area contributed by atoms with Crippen LogP contribution < -0.4 is 4.74 Å². The van der Waals surface area contributed by atoms with E-state index >= 15 is 0 Å². The molecule has 1 aliphatic rings. The molecule has 2 rings (SSSR count). The van der Waals surface area contributed by atoms with Gasteiger partial charge in [0.1, 0.15) is 11.6 Å². The van der Waals surface area contributed by atoms with E-state index in [0.29, 0.717) is 0 Å². The summed E-state index contributed by atoms with van der Waals surface area (Å²) in [5.41, 5.74) is 1.02. The molecule has 0 unspecified atom stereocenters. The lowest BCUT2D eigenvalue weighted by Crippen LogP contribution is -2.42. The zero-order chi connectivity index (χ0) is 14.6. The summed E-state index contributed by atoms with van der Waals surface area (Å²) in [5.74, 6) is 1.91. The highest BCUT2D eigenvalue weighted by atomic mass is 16.5. The average Bonchev–Trinajstić information content (AvgIpc) is 2.45. The van der Waals surface area contributed by atoms with Crippen molar-refractivity contribution in [3.05, 3.63) is 29.8 Å². The quantitative estimate of drug-likeness (QED) is 0.615. The predicted octanol–water partition coefficient (Wildman–Crippen LogP) is 2.57. The Kier molecular flexibility index (Phi) is 4.65. The Labute approximate surface area is 121 Å². The molecule has 0 aliphatic carbocycles. The molecule has 20 heavy (non-hydrogen) atoms. The van der Waals surface area contributed by atoms with Gasteiger partial charge in [-0.15, -0.1) is 0 Å². The molecule has 4 nitrogen and oxygen atoms in total. The highest BCUT2D eigenvalue weighted by Gasteiger charge is 2.20. The molecular formula is C16H24N2O2. The summed E-state index contributed by atoms with van der Waals surface area (Å²) in [5, 5.41) is 0. The van der Waals surface area contributed by atoms with Gasteiger partial charge in [-0.3, -0.25) is 4.99 Å². The summed E-state index contributed by atoms with van der Waals surface area (Å²) < 4.78 is 10.7. The number of hydrogen-bond donors (Lipinski definition) is 0. The van der Waals surface area contributed by atoms with Crippen LogP contribution in [0, 0.1) is 0 Å². The Morgan fingerprint density at radius 2 is 1.75 bits per heavy atom. The Morgan fingerprint density at radius 1 is 1.15 bits per heavy atom. The fraction of sp³-hybridized carbons (Fsp3) is 0.562. The molecule has 1 fully saturated rings. The van der Waals surface area contributed by atoms with E-state index in [1.165, 1.54) is 0 Å². The van der Waals surface area contributed by atoms with Crippen molar-refractivity contribution in [1.29, 1.82) is 0 Å². The summed E-state index contributed by atoms with van der Waals surface area (Å²) >= 11 is 0. The van der Waals surface area contributed by atoms with Crippen LogP contribution in [0.4, 0.5) is 0 Å². The van der Waals surface area contributed by atoms with E-state index in [2.05, 4.69) is 37.8 Å². The third-order valence-electron chi connectivity index (χ3n) is 3.10. The van der Waals surface area contributed by atoms with Gasteiger partial charge in [-0.25, -0.2) is 0 Å². The minimum atomic E-state index is -0.104. The zero-order valence-corrected chi connectivity index (χ0v) is 12.8. The number of hydrogen-bond acceptors (Lipinski definition) is 3. The molecule has 0 saturated carbocycles. The number of aliphatic imine (C=N–C) groups is 1. The standard InChI is InChI=1S/C16H24N2O2/c1-16(2,3)17-15(18-9-11-20-12-10-18)13-5-7-14(19-4)8-6-13/h5-8H,9-12H2,1-4H3. The first-order valence-electron chi connectivity index (χ1n) is 7.06. The van der Waals surface area contributed by atoms with Crippen molar-refractivity contribution < 1.29 is 9.47 Å². The number of rotatable bonds is 2. The van der Waals surface area contributed by atoms with E-state index in [1.54, 1.807) is 7.11 Å². The van der Waals surface area contributed by atoms with Gasteiger partial charge in [0.05, 0.1) is 25.9 Å². The molecule has 0 amide bonds. The van der Waals surface area contributed by atoms with Crippen molar-refractivity contribution in [3.63, 3.8) is 0 Å². The maximum Gasteiger partial charge on any atom is 0.131 e. The number of amidine groups is 1. The van der Waals surface area contributed by atoms with Gasteiger partial charge in [-0.1, -0.05) is 0 Å². The molecule has 110 valence electrons. The molecule has 4 heteroatoms. The number of ether oxygens (including phenoxy) is 2. The Bertz CT molecular complexity index is 454. The van der Waals surface area contributed by atoms with Crippen LogP contribution in [-0.4, -0.2) is 49.7 Å². The molecule has 0 bridgehead atoms. The second-order valence-electron chi connectivity index (χ2n) is 5.93. The van der Waals surface area contributed by atoms with Crippen LogP contribution in [-0.2, 0) is 4.74 Å². The SMILES string of the molecule is COc1ccc(C(=NC(C)(C)C)N2CCOCC2)cc1. The van der Waals surface area contributed by atoms with Crippen LogP contribution in [0.1, 0.15) is 26.3 Å². The number of benzene rings is 1. The molecule has 0 N–H and O–H groups in total. The predicted molar refractivity (Wildman–Crippen MR) is 81.7 cm³/mol. The van der Waals surface area contributed by atoms with Gasteiger partial charge >= 0.3 is 0 Å². The molecule has 0 spiro atoms. The van der Waals surface area contributed by atoms with Crippen LogP contribution in [0.25, 0.3) is 0 Å². The van der Waals surface area contributed by atoms with Crippen molar-refractivity contribution in [2.24, 2.45) is 4.99 Å². The first-order valence-corrected chi connectivity index (χ1v) is 7.06. The number of morpholine rings is 1. The highest BCUT2D eigenvalue weighted by Crippen LogP contribution is 2.18. The van der Waals surface area contributed by atoms with E-state index < -0.39 is 0 Å². The topological polar surface area (TPSA) is 34.1 Å². The molecule has 0 aromatic heterocycles. The average molecular weight is 276 g/mol. The van der Waals surface area contributed by atoms with Crippen LogP contribution in [0.15, 0.2) is 29.3 Å². The third-order valence-corrected chi connectivity index (χ3v) is 3.10. The molecule has 1 aromatic carbocycles. The van der Waals surface area contributed by atoms with Crippen LogP contribution in [0.3, 0.4) is 0 Å². The summed E-state index contributed by atoms with van der Waals surface area (Å²) in [6.07, 6.45) is 0. The lowest BCUT2D eigenvalue weighted by Gasteiger charge is -2.32. The largest absolute Gasteiger partial charge is 0.497 e. The first-order chi connectivity index (χ1) is 9.49. The van der Waals surface area contributed by atoms with Gasteiger partial charge in [0.2, 0.25) is 0 Å². The van der Waals surface area contributed by atoms with Gasteiger partial charge in [-0.2, -0.15) is 0 Å². The summed E-state index contributed by atoms with van der Waals surface area (Å²) in [7, 11) is 1.68. The Hall–Kier alpha value is -1.55. The zero-order valence-electron chi connectivity index (χ0n) is 12.8. The number of methoxy groups -OCH3 is 1. The van der Waals surface area contributed by atoms with Gasteiger partial charge in [0, 0.05) is 18.7 Å². The third kappa shape index (κ3) is 3.97. The molecule has 0 radical (unpaired) electrons. The van der Waals surface area contributed by atoms with E-state index in [1.807, 2.05) is 12.1 Å². The minimum absolute atomic E-state index is 0.104. The molecular weight excluding hydrogens is 252 g/mol. The Balaban J connectivity index is 2.31. The Morgan fingerprint density at radius 3 is 2.25 bits per heavy atom. The fourth-order valence-electron chi connectivity index (χ4n) is 2.15. The monoisotopic (exact) mass is 276 g/mol. The van der Waals surface area contributed by atoms with Gasteiger partial charge in [-0.05, 0) is 45.0 Å². The second-order valence-corrected chi connectivity index (χ2v) is 5.93. The van der Waals surface area contributed by atoms with E-state index in [-0.39, 0.29) is 5.54 Å². The molecule has 1 saturated heterocycles.